The van der Waals surface area contributed by atoms with Gasteiger partial charge in [-0.25, -0.2) is 0 Å². The molecule has 0 saturated heterocycles. The zero-order valence-electron chi connectivity index (χ0n) is 12.0. The van der Waals surface area contributed by atoms with Crippen molar-refractivity contribution in [3.63, 3.8) is 0 Å². The minimum atomic E-state index is 0.491. The van der Waals surface area contributed by atoms with Gasteiger partial charge in [0.2, 0.25) is 0 Å². The number of alkyl halides is 1. The molecule has 1 nitrogen and oxygen atoms in total. The second kappa shape index (κ2) is 9.11. The molecule has 0 aliphatic rings. The third-order valence-corrected chi connectivity index (χ3v) is 4.66. The number of hydrogen-bond acceptors (Lipinski definition) is 1. The molecular formula is C18H20BrClO. The Bertz CT molecular complexity index is 530. The Hall–Kier alpha value is -0.990. The standard InChI is InChI=1S/C18H20BrClO/c19-18-11-5-4-8-16(18)13-15(14-20)7-6-12-21-17-9-2-1-3-10-17/h1-5,8-11,15H,6-7,12-14H2. The van der Waals surface area contributed by atoms with Gasteiger partial charge in [-0.05, 0) is 48.9 Å². The molecule has 0 aliphatic heterocycles. The smallest absolute Gasteiger partial charge is 0.119 e. The van der Waals surface area contributed by atoms with Crippen LogP contribution < -0.4 is 4.74 Å². The van der Waals surface area contributed by atoms with Crippen LogP contribution in [0.15, 0.2) is 59.1 Å². The summed E-state index contributed by atoms with van der Waals surface area (Å²) in [5, 5.41) is 0. The van der Waals surface area contributed by atoms with Crippen molar-refractivity contribution in [2.75, 3.05) is 12.5 Å². The van der Waals surface area contributed by atoms with Crippen LogP contribution in [0.5, 0.6) is 5.75 Å². The van der Waals surface area contributed by atoms with Gasteiger partial charge in [0.05, 0.1) is 6.61 Å². The van der Waals surface area contributed by atoms with Crippen LogP contribution in [0.1, 0.15) is 18.4 Å². The molecule has 2 rings (SSSR count). The Morgan fingerprint density at radius 2 is 1.71 bits per heavy atom. The summed E-state index contributed by atoms with van der Waals surface area (Å²) >= 11 is 9.71. The predicted molar refractivity (Wildman–Crippen MR) is 93.2 cm³/mol. The topological polar surface area (TPSA) is 9.23 Å². The summed E-state index contributed by atoms with van der Waals surface area (Å²) in [4.78, 5) is 0. The van der Waals surface area contributed by atoms with E-state index >= 15 is 0 Å². The second-order valence-electron chi connectivity index (χ2n) is 5.12. The molecule has 3 heteroatoms. The lowest BCUT2D eigenvalue weighted by Crippen LogP contribution is -2.09. The highest BCUT2D eigenvalue weighted by Crippen LogP contribution is 2.22. The van der Waals surface area contributed by atoms with Gasteiger partial charge < -0.3 is 4.74 Å². The molecule has 0 heterocycles. The minimum absolute atomic E-state index is 0.491. The molecule has 1 unspecified atom stereocenters. The van der Waals surface area contributed by atoms with Gasteiger partial charge in [0.15, 0.2) is 0 Å². The van der Waals surface area contributed by atoms with Gasteiger partial charge >= 0.3 is 0 Å². The zero-order chi connectivity index (χ0) is 14.9. The summed E-state index contributed by atoms with van der Waals surface area (Å²) in [5.41, 5.74) is 1.33. The van der Waals surface area contributed by atoms with Gasteiger partial charge in [0.25, 0.3) is 0 Å². The van der Waals surface area contributed by atoms with E-state index in [4.69, 9.17) is 16.3 Å². The molecule has 0 bridgehead atoms. The Balaban J connectivity index is 1.74. The first-order valence-corrected chi connectivity index (χ1v) is 8.59. The molecule has 1 atom stereocenters. The highest BCUT2D eigenvalue weighted by atomic mass is 79.9. The first-order valence-electron chi connectivity index (χ1n) is 7.27. The molecule has 0 radical (unpaired) electrons. The van der Waals surface area contributed by atoms with Crippen LogP contribution in [0.2, 0.25) is 0 Å². The molecule has 0 fully saturated rings. The Labute approximate surface area is 140 Å². The van der Waals surface area contributed by atoms with Gasteiger partial charge in [0, 0.05) is 10.4 Å². The first-order chi connectivity index (χ1) is 10.3. The maximum atomic E-state index is 6.11. The summed E-state index contributed by atoms with van der Waals surface area (Å²) in [7, 11) is 0. The zero-order valence-corrected chi connectivity index (χ0v) is 14.3. The third-order valence-electron chi connectivity index (χ3n) is 3.45. The van der Waals surface area contributed by atoms with Crippen molar-refractivity contribution in [2.45, 2.75) is 19.3 Å². The van der Waals surface area contributed by atoms with Crippen LogP contribution in [0, 0.1) is 5.92 Å². The van der Waals surface area contributed by atoms with Crippen molar-refractivity contribution in [2.24, 2.45) is 5.92 Å². The first kappa shape index (κ1) is 16.4. The van der Waals surface area contributed by atoms with E-state index in [1.54, 1.807) is 0 Å². The fourth-order valence-corrected chi connectivity index (χ4v) is 3.00. The van der Waals surface area contributed by atoms with Crippen molar-refractivity contribution < 1.29 is 4.74 Å². The van der Waals surface area contributed by atoms with Gasteiger partial charge in [-0.3, -0.25) is 0 Å². The van der Waals surface area contributed by atoms with Crippen LogP contribution in [-0.4, -0.2) is 12.5 Å². The predicted octanol–water partition coefficient (Wildman–Crippen LogP) is 5.71. The molecule has 2 aromatic carbocycles. The SMILES string of the molecule is ClCC(CCCOc1ccccc1)Cc1ccccc1Br. The number of para-hydroxylation sites is 1. The Kier molecular flexibility index (Phi) is 7.11. The molecule has 0 saturated carbocycles. The molecule has 2 aromatic rings. The fraction of sp³-hybridized carbons (Fsp3) is 0.333. The summed E-state index contributed by atoms with van der Waals surface area (Å²) < 4.78 is 6.89. The van der Waals surface area contributed by atoms with Crippen molar-refractivity contribution >= 4 is 27.5 Å². The fourth-order valence-electron chi connectivity index (χ4n) is 2.29. The van der Waals surface area contributed by atoms with E-state index < -0.39 is 0 Å². The summed E-state index contributed by atoms with van der Waals surface area (Å²) in [5.74, 6) is 2.11. The minimum Gasteiger partial charge on any atom is -0.494 e. The maximum Gasteiger partial charge on any atom is 0.119 e. The van der Waals surface area contributed by atoms with Crippen LogP contribution in [0.4, 0.5) is 0 Å². The van der Waals surface area contributed by atoms with Gasteiger partial charge in [0.1, 0.15) is 5.75 Å². The highest BCUT2D eigenvalue weighted by Gasteiger charge is 2.10. The Morgan fingerprint density at radius 1 is 1.00 bits per heavy atom. The lowest BCUT2D eigenvalue weighted by molar-refractivity contribution is 0.295. The number of benzene rings is 2. The van der Waals surface area contributed by atoms with E-state index in [2.05, 4.69) is 34.1 Å². The number of rotatable bonds is 8. The quantitative estimate of drug-likeness (QED) is 0.429. The van der Waals surface area contributed by atoms with Crippen molar-refractivity contribution in [1.82, 2.24) is 0 Å². The molecule has 112 valence electrons. The van der Waals surface area contributed by atoms with E-state index in [0.717, 1.165) is 31.6 Å². The molecule has 21 heavy (non-hydrogen) atoms. The van der Waals surface area contributed by atoms with Gasteiger partial charge in [-0.2, -0.15) is 0 Å². The van der Waals surface area contributed by atoms with Crippen LogP contribution >= 0.6 is 27.5 Å². The van der Waals surface area contributed by atoms with Crippen LogP contribution in [-0.2, 0) is 6.42 Å². The molecular weight excluding hydrogens is 348 g/mol. The van der Waals surface area contributed by atoms with E-state index in [1.165, 1.54) is 10.0 Å². The Morgan fingerprint density at radius 3 is 2.43 bits per heavy atom. The van der Waals surface area contributed by atoms with E-state index in [1.807, 2.05) is 36.4 Å². The van der Waals surface area contributed by atoms with Crippen LogP contribution in [0.25, 0.3) is 0 Å². The number of halogens is 2. The van der Waals surface area contributed by atoms with Crippen molar-refractivity contribution in [3.8, 4) is 5.75 Å². The van der Waals surface area contributed by atoms with Gasteiger partial charge in [-0.15, -0.1) is 11.6 Å². The summed E-state index contributed by atoms with van der Waals surface area (Å²) in [6.07, 6.45) is 3.12. The third kappa shape index (κ3) is 5.72. The monoisotopic (exact) mass is 366 g/mol. The van der Waals surface area contributed by atoms with E-state index in [-0.39, 0.29) is 0 Å². The second-order valence-corrected chi connectivity index (χ2v) is 6.28. The molecule has 0 N–H and O–H groups in total. The summed E-state index contributed by atoms with van der Waals surface area (Å²) in [6.45, 7) is 0.743. The number of ether oxygens (including phenoxy) is 1. The largest absolute Gasteiger partial charge is 0.494 e. The van der Waals surface area contributed by atoms with Crippen LogP contribution in [0.3, 0.4) is 0 Å². The van der Waals surface area contributed by atoms with Crippen molar-refractivity contribution in [3.05, 3.63) is 64.6 Å². The molecule has 0 spiro atoms. The highest BCUT2D eigenvalue weighted by molar-refractivity contribution is 9.10. The average Bonchev–Trinajstić information content (AvgIpc) is 2.53. The van der Waals surface area contributed by atoms with Gasteiger partial charge in [-0.1, -0.05) is 52.3 Å². The molecule has 0 aromatic heterocycles. The average molecular weight is 368 g/mol. The maximum absolute atomic E-state index is 6.11. The van der Waals surface area contributed by atoms with Crippen molar-refractivity contribution in [1.29, 1.82) is 0 Å². The van der Waals surface area contributed by atoms with E-state index in [0.29, 0.717) is 11.8 Å². The molecule has 0 aliphatic carbocycles. The molecule has 0 amide bonds. The lowest BCUT2D eigenvalue weighted by Gasteiger charge is -2.15. The summed E-state index contributed by atoms with van der Waals surface area (Å²) in [6, 6.07) is 18.3. The number of hydrogen-bond donors (Lipinski definition) is 0. The van der Waals surface area contributed by atoms with E-state index in [9.17, 15) is 0 Å². The normalized spacial score (nSPS) is 12.1. The lowest BCUT2D eigenvalue weighted by atomic mass is 9.96.